The van der Waals surface area contributed by atoms with Crippen LogP contribution in [0.25, 0.3) is 11.4 Å². The minimum Gasteiger partial charge on any atom is -0.504 e. The number of aromatic hydroxyl groups is 2. The molecule has 1 aliphatic carbocycles. The highest BCUT2D eigenvalue weighted by atomic mass is 35.5. The van der Waals surface area contributed by atoms with Crippen molar-refractivity contribution < 1.29 is 10.2 Å². The van der Waals surface area contributed by atoms with Crippen molar-refractivity contribution in [2.24, 2.45) is 5.73 Å². The number of nitrogens with one attached hydrogen (secondary N) is 2. The van der Waals surface area contributed by atoms with Crippen molar-refractivity contribution in [2.45, 2.75) is 84.0 Å². The fraction of sp³-hybridized carbons (Fsp3) is 0.542. The van der Waals surface area contributed by atoms with Gasteiger partial charge in [-0.25, -0.2) is 0 Å². The molecule has 10 heteroatoms. The molecule has 4 rings (SSSR count). The van der Waals surface area contributed by atoms with E-state index >= 15 is 0 Å². The molecule has 1 aromatic rings. The molecule has 1 fully saturated rings. The number of hydrogen-bond donors (Lipinski definition) is 5. The van der Waals surface area contributed by atoms with Gasteiger partial charge >= 0.3 is 0 Å². The number of aromatic nitrogens is 4. The molecule has 6 N–H and O–H groups in total. The Kier molecular flexibility index (Phi) is 7.04. The lowest BCUT2D eigenvalue weighted by Crippen LogP contribution is -2.34. The van der Waals surface area contributed by atoms with Crippen molar-refractivity contribution in [3.8, 4) is 22.9 Å². The number of phenols is 2. The smallest absolute Gasteiger partial charge is 0.205 e. The van der Waals surface area contributed by atoms with Gasteiger partial charge in [0.15, 0.2) is 23.0 Å². The third-order valence-corrected chi connectivity index (χ3v) is 6.74. The lowest BCUT2D eigenvalue weighted by Gasteiger charge is -2.30. The van der Waals surface area contributed by atoms with Crippen LogP contribution >= 0.6 is 11.6 Å². The van der Waals surface area contributed by atoms with Crippen molar-refractivity contribution in [1.82, 2.24) is 19.7 Å². The van der Waals surface area contributed by atoms with Crippen LogP contribution in [0.15, 0.2) is 12.1 Å². The second-order valence-electron chi connectivity index (χ2n) is 9.70. The van der Waals surface area contributed by atoms with Gasteiger partial charge in [0.2, 0.25) is 5.95 Å². The maximum atomic E-state index is 10.3. The van der Waals surface area contributed by atoms with E-state index < -0.39 is 0 Å². The highest BCUT2D eigenvalue weighted by molar-refractivity contribution is 6.32. The van der Waals surface area contributed by atoms with Gasteiger partial charge in [-0.1, -0.05) is 31.5 Å². The Hall–Kier alpha value is -2.78. The predicted octanol–water partition coefficient (Wildman–Crippen LogP) is 4.84. The van der Waals surface area contributed by atoms with Crippen molar-refractivity contribution in [2.75, 3.05) is 10.6 Å². The fourth-order valence-electron chi connectivity index (χ4n) is 4.52. The Morgan fingerprint density at radius 2 is 1.79 bits per heavy atom. The molecule has 1 saturated carbocycles. The summed E-state index contributed by atoms with van der Waals surface area (Å²) < 4.78 is 2.18. The quantitative estimate of drug-likeness (QED) is 0.299. The highest BCUT2D eigenvalue weighted by Gasteiger charge is 2.29. The van der Waals surface area contributed by atoms with Gasteiger partial charge in [0, 0.05) is 30.2 Å². The van der Waals surface area contributed by atoms with Crippen molar-refractivity contribution in [1.29, 1.82) is 0 Å². The van der Waals surface area contributed by atoms with E-state index in [1.54, 1.807) is 12.1 Å². The maximum Gasteiger partial charge on any atom is 0.205 e. The Balaban J connectivity index is 1.74. The van der Waals surface area contributed by atoms with Gasteiger partial charge in [-0.3, -0.25) is 0 Å². The summed E-state index contributed by atoms with van der Waals surface area (Å²) in [5.74, 6) is 0.916. The van der Waals surface area contributed by atoms with E-state index in [2.05, 4.69) is 53.1 Å². The monoisotopic (exact) mass is 487 g/mol. The van der Waals surface area contributed by atoms with E-state index in [4.69, 9.17) is 22.3 Å². The molecule has 0 radical (unpaired) electrons. The van der Waals surface area contributed by atoms with E-state index in [9.17, 15) is 10.2 Å². The van der Waals surface area contributed by atoms with Crippen LogP contribution < -0.4 is 16.4 Å². The minimum atomic E-state index is -0.335. The summed E-state index contributed by atoms with van der Waals surface area (Å²) in [6, 6.07) is 3.91. The van der Waals surface area contributed by atoms with Crippen molar-refractivity contribution in [3.05, 3.63) is 28.4 Å². The summed E-state index contributed by atoms with van der Waals surface area (Å²) in [5.41, 5.74) is 9.14. The zero-order valence-electron chi connectivity index (χ0n) is 20.1. The van der Waals surface area contributed by atoms with Crippen LogP contribution in [-0.4, -0.2) is 42.0 Å². The van der Waals surface area contributed by atoms with Crippen LogP contribution in [0.5, 0.6) is 11.5 Å². The molecule has 34 heavy (non-hydrogen) atoms. The van der Waals surface area contributed by atoms with Gasteiger partial charge in [0.05, 0.1) is 16.4 Å². The number of fused-ring (bicyclic) bond motifs is 1. The average Bonchev–Trinajstić information content (AvgIpc) is 3.23. The van der Waals surface area contributed by atoms with E-state index in [0.717, 1.165) is 43.0 Å². The zero-order valence-corrected chi connectivity index (χ0v) is 20.9. The first-order chi connectivity index (χ1) is 16.2. The number of halogens is 1. The standard InChI is InChI=1S/C24H34ClN7O2/c1-12(2)18-20-19(31-30-18)23(27-11-14-5-10-17(25)22(34)21(14)33)29-24(32(20)13(3)4)28-16-8-6-15(26)7-9-16/h5,10,12-13,15-16,27,33-34H,6-9,11,26H2,1-4H3,(H,28,29). The molecule has 0 bridgehead atoms. The molecule has 9 nitrogen and oxygen atoms in total. The van der Waals surface area contributed by atoms with Crippen LogP contribution in [0.4, 0.5) is 11.8 Å². The van der Waals surface area contributed by atoms with Gasteiger partial charge in [-0.2, -0.15) is 10.1 Å². The van der Waals surface area contributed by atoms with Gasteiger partial charge in [-0.05, 0) is 51.5 Å². The topological polar surface area (TPSA) is 134 Å². The second-order valence-corrected chi connectivity index (χ2v) is 10.1. The summed E-state index contributed by atoms with van der Waals surface area (Å²) in [7, 11) is 0. The number of phenolic OH excluding ortho intramolecular Hbond substituents is 2. The molecule has 0 atom stereocenters. The van der Waals surface area contributed by atoms with Crippen molar-refractivity contribution in [3.63, 3.8) is 0 Å². The molecule has 2 aliphatic heterocycles. The van der Waals surface area contributed by atoms with Crippen LogP contribution in [0.2, 0.25) is 5.02 Å². The normalized spacial score (nSPS) is 18.7. The first-order valence-electron chi connectivity index (χ1n) is 11.9. The molecule has 0 saturated heterocycles. The Labute approximate surface area is 205 Å². The zero-order chi connectivity index (χ0) is 24.6. The van der Waals surface area contributed by atoms with Crippen LogP contribution in [0.3, 0.4) is 0 Å². The van der Waals surface area contributed by atoms with Crippen LogP contribution in [0.1, 0.15) is 76.6 Å². The molecule has 0 aromatic heterocycles. The SMILES string of the molecule is CC(C)c1nnc2c(NCc3ccc(Cl)c(O)c3O)nc(NC3CCC(N)CC3)n(C(C)C)c1-2. The number of hydrogen-bond acceptors (Lipinski definition) is 8. The van der Waals surface area contributed by atoms with E-state index in [1.807, 2.05) is 0 Å². The molecule has 1 aromatic carbocycles. The molecule has 0 amide bonds. The van der Waals surface area contributed by atoms with E-state index in [0.29, 0.717) is 23.1 Å². The Morgan fingerprint density at radius 1 is 1.09 bits per heavy atom. The van der Waals surface area contributed by atoms with Gasteiger partial charge in [0.1, 0.15) is 0 Å². The van der Waals surface area contributed by atoms with E-state index in [-0.39, 0.29) is 41.1 Å². The number of nitrogens with zero attached hydrogens (tertiary/aromatic N) is 4. The highest BCUT2D eigenvalue weighted by Crippen LogP contribution is 2.39. The summed E-state index contributed by atoms with van der Waals surface area (Å²) in [6.07, 6.45) is 3.97. The lowest BCUT2D eigenvalue weighted by molar-refractivity contribution is 0.400. The first kappa shape index (κ1) is 24.3. The van der Waals surface area contributed by atoms with E-state index in [1.165, 1.54) is 0 Å². The molecule has 0 spiro atoms. The molecule has 0 unspecified atom stereocenters. The fourth-order valence-corrected chi connectivity index (χ4v) is 4.67. The third kappa shape index (κ3) is 4.72. The van der Waals surface area contributed by atoms with Crippen LogP contribution in [-0.2, 0) is 6.54 Å². The Morgan fingerprint density at radius 3 is 2.44 bits per heavy atom. The summed E-state index contributed by atoms with van der Waals surface area (Å²) in [4.78, 5) is 4.93. The first-order valence-corrected chi connectivity index (χ1v) is 12.3. The van der Waals surface area contributed by atoms with Crippen molar-refractivity contribution >= 4 is 23.4 Å². The number of anilines is 2. The van der Waals surface area contributed by atoms with Gasteiger partial charge in [0.25, 0.3) is 0 Å². The number of benzene rings is 1. The molecule has 2 heterocycles. The molecule has 3 aliphatic rings. The maximum absolute atomic E-state index is 10.3. The summed E-state index contributed by atoms with van der Waals surface area (Å²) in [6.45, 7) is 8.69. The van der Waals surface area contributed by atoms with Crippen LogP contribution in [0, 0.1) is 0 Å². The summed E-state index contributed by atoms with van der Waals surface area (Å²) >= 11 is 5.90. The third-order valence-electron chi connectivity index (χ3n) is 6.44. The molecular weight excluding hydrogens is 454 g/mol. The summed E-state index contributed by atoms with van der Waals surface area (Å²) in [5, 5.41) is 36.3. The Bertz CT molecular complexity index is 1120. The van der Waals surface area contributed by atoms with Gasteiger partial charge < -0.3 is 31.1 Å². The number of rotatable bonds is 7. The minimum absolute atomic E-state index is 0.0987. The van der Waals surface area contributed by atoms with Gasteiger partial charge in [-0.15, -0.1) is 5.10 Å². The lowest BCUT2D eigenvalue weighted by atomic mass is 9.92. The average molecular weight is 488 g/mol. The molecule has 184 valence electrons. The molecular formula is C24H34ClN7O2. The predicted molar refractivity (Wildman–Crippen MR) is 135 cm³/mol. The second kappa shape index (κ2) is 9.84. The largest absolute Gasteiger partial charge is 0.504 e. The number of nitrogens with two attached hydrogens (primary N) is 1.